The van der Waals surface area contributed by atoms with E-state index in [0.29, 0.717) is 0 Å². The number of halogens is 2. The van der Waals surface area contributed by atoms with Crippen molar-refractivity contribution in [1.29, 1.82) is 0 Å². The summed E-state index contributed by atoms with van der Waals surface area (Å²) in [7, 11) is 3.89. The van der Waals surface area contributed by atoms with Crippen LogP contribution in [0.3, 0.4) is 0 Å². The zero-order valence-corrected chi connectivity index (χ0v) is 14.0. The van der Waals surface area contributed by atoms with Crippen LogP contribution in [0.5, 0.6) is 5.75 Å². The fourth-order valence-corrected chi connectivity index (χ4v) is 4.07. The van der Waals surface area contributed by atoms with E-state index in [2.05, 4.69) is 55.9 Å². The molecular weight excluding hydrogens is 358 g/mol. The van der Waals surface area contributed by atoms with E-state index >= 15 is 0 Å². The first-order valence-corrected chi connectivity index (χ1v) is 7.94. The summed E-state index contributed by atoms with van der Waals surface area (Å²) in [4.78, 5) is 3.16. The Hall–Kier alpha value is -0.0600. The maximum atomic E-state index is 5.24. The number of hydrogen-bond acceptors (Lipinski definition) is 2. The highest BCUT2D eigenvalue weighted by Gasteiger charge is 2.27. The van der Waals surface area contributed by atoms with Crippen molar-refractivity contribution < 1.29 is 4.74 Å². The van der Waals surface area contributed by atoms with Crippen molar-refractivity contribution >= 4 is 31.9 Å². The fourth-order valence-electron chi connectivity index (χ4n) is 2.43. The minimum atomic E-state index is 0.756. The summed E-state index contributed by atoms with van der Waals surface area (Å²) < 4.78 is 6.27. The van der Waals surface area contributed by atoms with E-state index in [1.165, 1.54) is 24.9 Å². The quantitative estimate of drug-likeness (QED) is 0.718. The van der Waals surface area contributed by atoms with Crippen LogP contribution in [0.2, 0.25) is 0 Å². The predicted molar refractivity (Wildman–Crippen MR) is 82.5 cm³/mol. The zero-order chi connectivity index (χ0) is 13.1. The second kappa shape index (κ2) is 6.40. The van der Waals surface area contributed by atoms with Crippen LogP contribution in [0.25, 0.3) is 0 Å². The van der Waals surface area contributed by atoms with Crippen molar-refractivity contribution in [2.45, 2.75) is 24.2 Å². The third-order valence-corrected chi connectivity index (χ3v) is 4.78. The molecule has 1 aliphatic carbocycles. The van der Waals surface area contributed by atoms with E-state index in [0.717, 1.165) is 27.5 Å². The van der Waals surface area contributed by atoms with E-state index in [1.807, 2.05) is 6.07 Å². The molecule has 0 saturated heterocycles. The van der Waals surface area contributed by atoms with Gasteiger partial charge in [-0.05, 0) is 59.4 Å². The molecule has 0 aliphatic heterocycles. The summed E-state index contributed by atoms with van der Waals surface area (Å²) in [5.41, 5.74) is 1.32. The SMILES string of the molecule is COc1ccc(CN(C)CC2CC(Br)C2)cc1Br. The van der Waals surface area contributed by atoms with E-state index in [9.17, 15) is 0 Å². The molecule has 4 heteroatoms. The minimum Gasteiger partial charge on any atom is -0.496 e. The number of hydrogen-bond donors (Lipinski definition) is 0. The van der Waals surface area contributed by atoms with Gasteiger partial charge in [0.15, 0.2) is 0 Å². The lowest BCUT2D eigenvalue weighted by Crippen LogP contribution is -2.34. The Kier molecular flexibility index (Phi) is 5.10. The Morgan fingerprint density at radius 3 is 2.67 bits per heavy atom. The second-order valence-corrected chi connectivity index (χ2v) is 7.25. The van der Waals surface area contributed by atoms with Crippen molar-refractivity contribution in [3.05, 3.63) is 28.2 Å². The summed E-state index contributed by atoms with van der Waals surface area (Å²) in [6.07, 6.45) is 2.63. The molecule has 0 heterocycles. The average Bonchev–Trinajstić information content (AvgIpc) is 2.27. The molecule has 1 aliphatic rings. The van der Waals surface area contributed by atoms with Crippen molar-refractivity contribution in [1.82, 2.24) is 4.90 Å². The van der Waals surface area contributed by atoms with Crippen LogP contribution in [0, 0.1) is 5.92 Å². The molecule has 2 nitrogen and oxygen atoms in total. The predicted octanol–water partition coefficient (Wildman–Crippen LogP) is 4.06. The lowest BCUT2D eigenvalue weighted by molar-refractivity contribution is 0.208. The van der Waals surface area contributed by atoms with Gasteiger partial charge in [0.1, 0.15) is 5.75 Å². The van der Waals surface area contributed by atoms with Gasteiger partial charge >= 0.3 is 0 Å². The molecular formula is C14H19Br2NO. The van der Waals surface area contributed by atoms with Gasteiger partial charge in [-0.1, -0.05) is 22.0 Å². The molecule has 100 valence electrons. The standard InChI is InChI=1S/C14H19Br2NO/c1-17(9-11-5-12(15)6-11)8-10-3-4-14(18-2)13(16)7-10/h3-4,7,11-12H,5-6,8-9H2,1-2H3. The molecule has 1 aromatic carbocycles. The van der Waals surface area contributed by atoms with Gasteiger partial charge in [-0.3, -0.25) is 0 Å². The van der Waals surface area contributed by atoms with Crippen molar-refractivity contribution in [3.8, 4) is 5.75 Å². The summed E-state index contributed by atoms with van der Waals surface area (Å²) in [5.74, 6) is 1.75. The van der Waals surface area contributed by atoms with Crippen molar-refractivity contribution in [2.24, 2.45) is 5.92 Å². The first kappa shape index (κ1) is 14.4. The summed E-state index contributed by atoms with van der Waals surface area (Å²) in [5, 5.41) is 0. The molecule has 0 aromatic heterocycles. The minimum absolute atomic E-state index is 0.756. The monoisotopic (exact) mass is 375 g/mol. The summed E-state index contributed by atoms with van der Waals surface area (Å²) >= 11 is 7.18. The van der Waals surface area contributed by atoms with Gasteiger partial charge in [0.25, 0.3) is 0 Å². The first-order chi connectivity index (χ1) is 8.58. The molecule has 0 amide bonds. The number of rotatable bonds is 5. The molecule has 0 unspecified atom stereocenters. The maximum absolute atomic E-state index is 5.24. The van der Waals surface area contributed by atoms with E-state index in [1.54, 1.807) is 7.11 Å². The van der Waals surface area contributed by atoms with Gasteiger partial charge in [-0.25, -0.2) is 0 Å². The highest BCUT2D eigenvalue weighted by Crippen LogP contribution is 2.34. The van der Waals surface area contributed by atoms with Crippen LogP contribution < -0.4 is 4.74 Å². The molecule has 0 atom stereocenters. The average molecular weight is 377 g/mol. The number of nitrogens with zero attached hydrogens (tertiary/aromatic N) is 1. The highest BCUT2D eigenvalue weighted by atomic mass is 79.9. The lowest BCUT2D eigenvalue weighted by atomic mass is 9.85. The Bertz CT molecular complexity index is 405. The molecule has 1 aromatic rings. The molecule has 0 radical (unpaired) electrons. The smallest absolute Gasteiger partial charge is 0.133 e. The second-order valence-electron chi connectivity index (χ2n) is 5.10. The lowest BCUT2D eigenvalue weighted by Gasteiger charge is -2.34. The van der Waals surface area contributed by atoms with Crippen LogP contribution in [-0.4, -0.2) is 30.4 Å². The van der Waals surface area contributed by atoms with E-state index in [4.69, 9.17) is 4.74 Å². The Labute approximate surface area is 126 Å². The van der Waals surface area contributed by atoms with Crippen LogP contribution >= 0.6 is 31.9 Å². The molecule has 18 heavy (non-hydrogen) atoms. The van der Waals surface area contributed by atoms with Crippen molar-refractivity contribution in [3.63, 3.8) is 0 Å². The Morgan fingerprint density at radius 2 is 2.11 bits per heavy atom. The van der Waals surface area contributed by atoms with Crippen LogP contribution in [0.4, 0.5) is 0 Å². The summed E-state index contributed by atoms with van der Waals surface area (Å²) in [6.45, 7) is 2.18. The van der Waals surface area contributed by atoms with Crippen LogP contribution in [-0.2, 0) is 6.54 Å². The largest absolute Gasteiger partial charge is 0.496 e. The molecule has 0 bridgehead atoms. The number of alkyl halides is 1. The van der Waals surface area contributed by atoms with Gasteiger partial charge in [0, 0.05) is 17.9 Å². The molecule has 0 spiro atoms. The molecule has 2 rings (SSSR count). The fraction of sp³-hybridized carbons (Fsp3) is 0.571. The normalized spacial score (nSPS) is 22.9. The van der Waals surface area contributed by atoms with E-state index in [-0.39, 0.29) is 0 Å². The third-order valence-electron chi connectivity index (χ3n) is 3.42. The number of methoxy groups -OCH3 is 1. The first-order valence-electron chi connectivity index (χ1n) is 6.23. The highest BCUT2D eigenvalue weighted by molar-refractivity contribution is 9.10. The Balaban J connectivity index is 1.86. The number of ether oxygens (including phenoxy) is 1. The summed E-state index contributed by atoms with van der Waals surface area (Å²) in [6, 6.07) is 6.29. The Morgan fingerprint density at radius 1 is 1.39 bits per heavy atom. The maximum Gasteiger partial charge on any atom is 0.133 e. The topological polar surface area (TPSA) is 12.5 Å². The zero-order valence-electron chi connectivity index (χ0n) is 10.8. The van der Waals surface area contributed by atoms with Gasteiger partial charge in [-0.2, -0.15) is 0 Å². The van der Waals surface area contributed by atoms with Crippen LogP contribution in [0.1, 0.15) is 18.4 Å². The van der Waals surface area contributed by atoms with Gasteiger partial charge in [0.05, 0.1) is 11.6 Å². The van der Waals surface area contributed by atoms with Crippen molar-refractivity contribution in [2.75, 3.05) is 20.7 Å². The van der Waals surface area contributed by atoms with Gasteiger partial charge in [-0.15, -0.1) is 0 Å². The molecule has 0 N–H and O–H groups in total. The molecule has 1 saturated carbocycles. The van der Waals surface area contributed by atoms with Crippen LogP contribution in [0.15, 0.2) is 22.7 Å². The van der Waals surface area contributed by atoms with E-state index < -0.39 is 0 Å². The van der Waals surface area contributed by atoms with Gasteiger partial charge in [0.2, 0.25) is 0 Å². The number of benzene rings is 1. The molecule has 1 fully saturated rings. The van der Waals surface area contributed by atoms with Gasteiger partial charge < -0.3 is 9.64 Å². The third kappa shape index (κ3) is 3.72.